The molecule has 3 aromatic carbocycles. The highest BCUT2D eigenvalue weighted by atomic mass is 16.5. The molecule has 0 saturated heterocycles. The third kappa shape index (κ3) is 3.92. The highest BCUT2D eigenvalue weighted by Crippen LogP contribution is 2.36. The van der Waals surface area contributed by atoms with E-state index in [0.717, 1.165) is 62.8 Å². The molecule has 0 fully saturated rings. The van der Waals surface area contributed by atoms with Crippen LogP contribution in [0.3, 0.4) is 0 Å². The fourth-order valence-electron chi connectivity index (χ4n) is 4.39. The molecule has 2 heterocycles. The Hall–Kier alpha value is -4.17. The zero-order valence-corrected chi connectivity index (χ0v) is 18.7. The Labute approximate surface area is 192 Å². The maximum atomic E-state index is 8.97. The maximum absolute atomic E-state index is 8.97. The first-order valence-corrected chi connectivity index (χ1v) is 11.0. The molecule has 0 atom stereocenters. The van der Waals surface area contributed by atoms with E-state index in [0.29, 0.717) is 6.42 Å². The largest absolute Gasteiger partial charge is 0.496 e. The van der Waals surface area contributed by atoms with E-state index in [4.69, 9.17) is 20.1 Å². The molecule has 5 heteroatoms. The quantitative estimate of drug-likeness (QED) is 0.348. The van der Waals surface area contributed by atoms with Gasteiger partial charge in [-0.15, -0.1) is 0 Å². The van der Waals surface area contributed by atoms with Gasteiger partial charge in [-0.3, -0.25) is 9.67 Å². The lowest BCUT2D eigenvalue weighted by atomic mass is 9.98. The summed E-state index contributed by atoms with van der Waals surface area (Å²) in [5.41, 5.74) is 7.27. The number of pyridine rings is 1. The van der Waals surface area contributed by atoms with Crippen molar-refractivity contribution < 1.29 is 4.74 Å². The molecule has 0 aliphatic heterocycles. The van der Waals surface area contributed by atoms with Gasteiger partial charge >= 0.3 is 0 Å². The van der Waals surface area contributed by atoms with Crippen LogP contribution in [0.2, 0.25) is 0 Å². The SMILES string of the molecule is COc1cc2ncc3c(c(-c4ccc(CC#N)cc4)nn3C)c2cc1CCc1ccccc1. The van der Waals surface area contributed by atoms with E-state index in [1.807, 2.05) is 54.3 Å². The molecular weight excluding hydrogens is 408 g/mol. The van der Waals surface area contributed by atoms with Crippen molar-refractivity contribution in [2.45, 2.75) is 19.3 Å². The highest BCUT2D eigenvalue weighted by Gasteiger charge is 2.17. The number of nitriles is 1. The Bertz CT molecular complexity index is 1480. The number of benzene rings is 3. The van der Waals surface area contributed by atoms with Gasteiger partial charge in [-0.2, -0.15) is 10.4 Å². The summed E-state index contributed by atoms with van der Waals surface area (Å²) in [5.74, 6) is 0.858. The number of fused-ring (bicyclic) bond motifs is 3. The molecule has 0 saturated carbocycles. The zero-order valence-electron chi connectivity index (χ0n) is 18.7. The maximum Gasteiger partial charge on any atom is 0.124 e. The van der Waals surface area contributed by atoms with Crippen molar-refractivity contribution in [2.75, 3.05) is 7.11 Å². The Kier molecular flexibility index (Phi) is 5.50. The van der Waals surface area contributed by atoms with Gasteiger partial charge in [0.2, 0.25) is 0 Å². The minimum absolute atomic E-state index is 0.403. The molecule has 5 rings (SSSR count). The van der Waals surface area contributed by atoms with Crippen LogP contribution in [-0.4, -0.2) is 21.9 Å². The lowest BCUT2D eigenvalue weighted by Gasteiger charge is -2.11. The van der Waals surface area contributed by atoms with Gasteiger partial charge in [0.25, 0.3) is 0 Å². The third-order valence-electron chi connectivity index (χ3n) is 6.12. The van der Waals surface area contributed by atoms with Crippen molar-refractivity contribution in [1.29, 1.82) is 5.26 Å². The number of ether oxygens (including phenoxy) is 1. The highest BCUT2D eigenvalue weighted by molar-refractivity contribution is 6.11. The average Bonchev–Trinajstić information content (AvgIpc) is 3.20. The molecule has 0 spiro atoms. The molecule has 0 bridgehead atoms. The monoisotopic (exact) mass is 432 g/mol. The summed E-state index contributed by atoms with van der Waals surface area (Å²) < 4.78 is 7.61. The number of methoxy groups -OCH3 is 1. The molecule has 162 valence electrons. The van der Waals surface area contributed by atoms with Gasteiger partial charge in [-0.25, -0.2) is 0 Å². The van der Waals surface area contributed by atoms with Crippen LogP contribution >= 0.6 is 0 Å². The molecule has 5 nitrogen and oxygen atoms in total. The van der Waals surface area contributed by atoms with E-state index in [1.54, 1.807) is 7.11 Å². The van der Waals surface area contributed by atoms with E-state index < -0.39 is 0 Å². The Morgan fingerprint density at radius 3 is 2.48 bits per heavy atom. The van der Waals surface area contributed by atoms with Crippen molar-refractivity contribution in [1.82, 2.24) is 14.8 Å². The Morgan fingerprint density at radius 1 is 0.970 bits per heavy atom. The van der Waals surface area contributed by atoms with Crippen LogP contribution in [0.15, 0.2) is 72.9 Å². The fraction of sp³-hybridized carbons (Fsp3) is 0.179. The smallest absolute Gasteiger partial charge is 0.124 e. The summed E-state index contributed by atoms with van der Waals surface area (Å²) in [7, 11) is 3.66. The van der Waals surface area contributed by atoms with Crippen LogP contribution in [0.5, 0.6) is 5.75 Å². The van der Waals surface area contributed by atoms with Crippen LogP contribution in [0.4, 0.5) is 0 Å². The molecule has 0 amide bonds. The zero-order chi connectivity index (χ0) is 22.8. The summed E-state index contributed by atoms with van der Waals surface area (Å²) in [6.07, 6.45) is 4.09. The Morgan fingerprint density at radius 2 is 1.76 bits per heavy atom. The van der Waals surface area contributed by atoms with Gasteiger partial charge in [0.15, 0.2) is 0 Å². The van der Waals surface area contributed by atoms with Crippen molar-refractivity contribution in [3.63, 3.8) is 0 Å². The number of nitrogens with zero attached hydrogens (tertiary/aromatic N) is 4. The van der Waals surface area contributed by atoms with Crippen molar-refractivity contribution in [3.05, 3.63) is 89.6 Å². The summed E-state index contributed by atoms with van der Waals surface area (Å²) in [6, 6.07) is 25.0. The van der Waals surface area contributed by atoms with E-state index in [-0.39, 0.29) is 0 Å². The average molecular weight is 433 g/mol. The van der Waals surface area contributed by atoms with Crippen LogP contribution in [-0.2, 0) is 26.3 Å². The number of aromatic nitrogens is 3. The molecule has 2 aromatic heterocycles. The molecule has 0 radical (unpaired) electrons. The Balaban J connectivity index is 1.65. The van der Waals surface area contributed by atoms with Gasteiger partial charge in [-0.05, 0) is 35.6 Å². The third-order valence-corrected chi connectivity index (χ3v) is 6.12. The van der Waals surface area contributed by atoms with E-state index in [9.17, 15) is 0 Å². The van der Waals surface area contributed by atoms with Gasteiger partial charge in [-0.1, -0.05) is 54.6 Å². The van der Waals surface area contributed by atoms with Crippen molar-refractivity contribution in [2.24, 2.45) is 7.05 Å². The van der Waals surface area contributed by atoms with Crippen LogP contribution in [0.25, 0.3) is 33.1 Å². The topological polar surface area (TPSA) is 63.7 Å². The second-order valence-corrected chi connectivity index (χ2v) is 8.19. The molecule has 5 aromatic rings. The number of hydrogen-bond acceptors (Lipinski definition) is 4. The number of rotatable bonds is 6. The summed E-state index contributed by atoms with van der Waals surface area (Å²) in [5, 5.41) is 16.0. The van der Waals surface area contributed by atoms with Crippen LogP contribution in [0, 0.1) is 11.3 Å². The summed E-state index contributed by atoms with van der Waals surface area (Å²) in [4.78, 5) is 4.71. The van der Waals surface area contributed by atoms with E-state index >= 15 is 0 Å². The van der Waals surface area contributed by atoms with Crippen LogP contribution in [0.1, 0.15) is 16.7 Å². The predicted octanol–water partition coefficient (Wildman–Crippen LogP) is 5.65. The standard InChI is InChI=1S/C28H24N4O/c1-32-25-18-30-24-17-26(33-2)22(13-10-19-6-4-3-5-7-19)16-23(24)27(25)28(31-32)21-11-8-20(9-12-21)14-15-29/h3-9,11-12,16-18H,10,13-14H2,1-2H3. The summed E-state index contributed by atoms with van der Waals surface area (Å²) >= 11 is 0. The first kappa shape index (κ1) is 20.7. The molecule has 0 unspecified atom stereocenters. The molecular formula is C28H24N4O. The van der Waals surface area contributed by atoms with E-state index in [2.05, 4.69) is 36.4 Å². The first-order valence-electron chi connectivity index (χ1n) is 11.0. The first-order chi connectivity index (χ1) is 16.2. The lowest BCUT2D eigenvalue weighted by molar-refractivity contribution is 0.410. The van der Waals surface area contributed by atoms with Crippen LogP contribution < -0.4 is 4.74 Å². The van der Waals surface area contributed by atoms with E-state index in [1.165, 1.54) is 5.56 Å². The molecule has 0 aliphatic rings. The minimum atomic E-state index is 0.403. The number of aryl methyl sites for hydroxylation is 3. The minimum Gasteiger partial charge on any atom is -0.496 e. The lowest BCUT2D eigenvalue weighted by Crippen LogP contribution is -1.97. The second kappa shape index (κ2) is 8.76. The van der Waals surface area contributed by atoms with Crippen molar-refractivity contribution >= 4 is 21.8 Å². The van der Waals surface area contributed by atoms with Gasteiger partial charge in [0.05, 0.1) is 36.8 Å². The molecule has 33 heavy (non-hydrogen) atoms. The van der Waals surface area contributed by atoms with Crippen molar-refractivity contribution in [3.8, 4) is 23.1 Å². The predicted molar refractivity (Wildman–Crippen MR) is 131 cm³/mol. The second-order valence-electron chi connectivity index (χ2n) is 8.19. The van der Waals surface area contributed by atoms with Gasteiger partial charge < -0.3 is 4.74 Å². The normalized spacial score (nSPS) is 11.1. The fourth-order valence-corrected chi connectivity index (χ4v) is 4.39. The molecule has 0 N–H and O–H groups in total. The number of hydrogen-bond donors (Lipinski definition) is 0. The molecule has 0 aliphatic carbocycles. The van der Waals surface area contributed by atoms with Gasteiger partial charge in [0.1, 0.15) is 11.4 Å². The van der Waals surface area contributed by atoms with Gasteiger partial charge in [0, 0.05) is 29.4 Å². The summed E-state index contributed by atoms with van der Waals surface area (Å²) in [6.45, 7) is 0.